The molecule has 2 atom stereocenters. The summed E-state index contributed by atoms with van der Waals surface area (Å²) in [5.74, 6) is 0.725. The van der Waals surface area contributed by atoms with Crippen molar-refractivity contribution in [1.82, 2.24) is 0 Å². The predicted octanol–water partition coefficient (Wildman–Crippen LogP) is 3.65. The molecule has 0 amide bonds. The lowest BCUT2D eigenvalue weighted by molar-refractivity contribution is -0.118. The van der Waals surface area contributed by atoms with Crippen molar-refractivity contribution in [3.05, 3.63) is 35.9 Å². The Kier molecular flexibility index (Phi) is 4.29. The van der Waals surface area contributed by atoms with Crippen LogP contribution in [0, 0.1) is 11.8 Å². The van der Waals surface area contributed by atoms with Gasteiger partial charge in [-0.25, -0.2) is 0 Å². The van der Waals surface area contributed by atoms with Crippen molar-refractivity contribution in [1.29, 1.82) is 0 Å². The SMILES string of the molecule is CC(=O)CC1CCCCC1C(=O)c1ccccc1. The third kappa shape index (κ3) is 3.06. The maximum absolute atomic E-state index is 12.5. The normalized spacial score (nSPS) is 23.6. The van der Waals surface area contributed by atoms with Crippen LogP contribution < -0.4 is 0 Å². The van der Waals surface area contributed by atoms with E-state index in [1.807, 2.05) is 30.3 Å². The van der Waals surface area contributed by atoms with Crippen molar-refractivity contribution in [2.45, 2.75) is 39.0 Å². The number of Topliss-reactive ketones (excluding diaryl/α,β-unsaturated/α-hetero) is 2. The van der Waals surface area contributed by atoms with Crippen LogP contribution in [0.5, 0.6) is 0 Å². The van der Waals surface area contributed by atoms with E-state index in [1.165, 1.54) is 0 Å². The third-order valence-electron chi connectivity index (χ3n) is 3.85. The quantitative estimate of drug-likeness (QED) is 0.757. The first kappa shape index (κ1) is 13.0. The van der Waals surface area contributed by atoms with Crippen LogP contribution in [0.4, 0.5) is 0 Å². The highest BCUT2D eigenvalue weighted by Crippen LogP contribution is 2.34. The zero-order valence-corrected chi connectivity index (χ0v) is 10.9. The van der Waals surface area contributed by atoms with Gasteiger partial charge in [-0.2, -0.15) is 0 Å². The molecule has 0 bridgehead atoms. The minimum atomic E-state index is 0.0463. The van der Waals surface area contributed by atoms with Gasteiger partial charge in [-0.1, -0.05) is 43.2 Å². The highest BCUT2D eigenvalue weighted by Gasteiger charge is 2.31. The molecule has 2 rings (SSSR count). The van der Waals surface area contributed by atoms with Gasteiger partial charge in [0.05, 0.1) is 0 Å². The largest absolute Gasteiger partial charge is 0.300 e. The van der Waals surface area contributed by atoms with Crippen molar-refractivity contribution in [2.24, 2.45) is 11.8 Å². The Bertz CT molecular complexity index is 422. The van der Waals surface area contributed by atoms with Crippen molar-refractivity contribution in [3.8, 4) is 0 Å². The van der Waals surface area contributed by atoms with Gasteiger partial charge in [-0.15, -0.1) is 0 Å². The average molecular weight is 244 g/mol. The first-order chi connectivity index (χ1) is 8.68. The molecule has 0 N–H and O–H groups in total. The van der Waals surface area contributed by atoms with Crippen LogP contribution in [-0.2, 0) is 4.79 Å². The van der Waals surface area contributed by atoms with Crippen LogP contribution in [0.15, 0.2) is 30.3 Å². The molecule has 0 spiro atoms. The van der Waals surface area contributed by atoms with Crippen molar-refractivity contribution < 1.29 is 9.59 Å². The number of carbonyl (C=O) groups is 2. The molecular weight excluding hydrogens is 224 g/mol. The number of benzene rings is 1. The summed E-state index contributed by atoms with van der Waals surface area (Å²) in [4.78, 5) is 23.8. The molecule has 1 aromatic rings. The molecule has 1 fully saturated rings. The summed E-state index contributed by atoms with van der Waals surface area (Å²) in [6, 6.07) is 9.47. The number of hydrogen-bond acceptors (Lipinski definition) is 2. The zero-order valence-electron chi connectivity index (χ0n) is 10.9. The Morgan fingerprint density at radius 1 is 1.11 bits per heavy atom. The predicted molar refractivity (Wildman–Crippen MR) is 71.5 cm³/mol. The van der Waals surface area contributed by atoms with Crippen LogP contribution in [0.2, 0.25) is 0 Å². The molecule has 96 valence electrons. The maximum Gasteiger partial charge on any atom is 0.166 e. The molecule has 1 saturated carbocycles. The molecule has 1 aliphatic carbocycles. The average Bonchev–Trinajstić information content (AvgIpc) is 2.39. The lowest BCUT2D eigenvalue weighted by Gasteiger charge is -2.29. The second kappa shape index (κ2) is 5.94. The summed E-state index contributed by atoms with van der Waals surface area (Å²) >= 11 is 0. The van der Waals surface area contributed by atoms with E-state index in [4.69, 9.17) is 0 Å². The summed E-state index contributed by atoms with van der Waals surface area (Å²) in [5.41, 5.74) is 0.790. The van der Waals surface area contributed by atoms with Gasteiger partial charge >= 0.3 is 0 Å². The minimum absolute atomic E-state index is 0.0463. The summed E-state index contributed by atoms with van der Waals surface area (Å²) in [6.45, 7) is 1.62. The summed E-state index contributed by atoms with van der Waals surface area (Å²) in [5, 5.41) is 0. The van der Waals surface area contributed by atoms with Gasteiger partial charge in [-0.3, -0.25) is 4.79 Å². The van der Waals surface area contributed by atoms with E-state index in [9.17, 15) is 9.59 Å². The Labute approximate surface area is 108 Å². The van der Waals surface area contributed by atoms with E-state index in [2.05, 4.69) is 0 Å². The van der Waals surface area contributed by atoms with E-state index in [-0.39, 0.29) is 23.4 Å². The first-order valence-corrected chi connectivity index (χ1v) is 6.77. The fourth-order valence-electron chi connectivity index (χ4n) is 2.98. The molecule has 2 unspecified atom stereocenters. The van der Waals surface area contributed by atoms with Crippen LogP contribution in [0.3, 0.4) is 0 Å². The number of rotatable bonds is 4. The van der Waals surface area contributed by atoms with Crippen LogP contribution >= 0.6 is 0 Å². The molecule has 0 saturated heterocycles. The molecule has 2 nitrogen and oxygen atoms in total. The number of carbonyl (C=O) groups excluding carboxylic acids is 2. The van der Waals surface area contributed by atoms with Gasteiger partial charge in [-0.05, 0) is 25.7 Å². The van der Waals surface area contributed by atoms with Gasteiger partial charge in [0, 0.05) is 17.9 Å². The topological polar surface area (TPSA) is 34.1 Å². The summed E-state index contributed by atoms with van der Waals surface area (Å²) in [6.07, 6.45) is 4.77. The Balaban J connectivity index is 2.13. The fraction of sp³-hybridized carbons (Fsp3) is 0.500. The first-order valence-electron chi connectivity index (χ1n) is 6.77. The molecule has 1 aliphatic rings. The van der Waals surface area contributed by atoms with E-state index < -0.39 is 0 Å². The Morgan fingerprint density at radius 2 is 1.78 bits per heavy atom. The lowest BCUT2D eigenvalue weighted by Crippen LogP contribution is -2.28. The summed E-state index contributed by atoms with van der Waals surface area (Å²) in [7, 11) is 0. The fourth-order valence-corrected chi connectivity index (χ4v) is 2.98. The minimum Gasteiger partial charge on any atom is -0.300 e. The smallest absolute Gasteiger partial charge is 0.166 e. The maximum atomic E-state index is 12.5. The van der Waals surface area contributed by atoms with E-state index in [1.54, 1.807) is 6.92 Å². The molecule has 2 heteroatoms. The van der Waals surface area contributed by atoms with Crippen molar-refractivity contribution in [2.75, 3.05) is 0 Å². The van der Waals surface area contributed by atoms with Crippen LogP contribution in [0.25, 0.3) is 0 Å². The van der Waals surface area contributed by atoms with Crippen LogP contribution in [-0.4, -0.2) is 11.6 Å². The van der Waals surface area contributed by atoms with E-state index in [0.29, 0.717) is 6.42 Å². The molecular formula is C16H20O2. The van der Waals surface area contributed by atoms with Crippen LogP contribution in [0.1, 0.15) is 49.4 Å². The Hall–Kier alpha value is -1.44. The monoisotopic (exact) mass is 244 g/mol. The second-order valence-electron chi connectivity index (χ2n) is 5.29. The molecule has 0 radical (unpaired) electrons. The molecule has 1 aromatic carbocycles. The Morgan fingerprint density at radius 3 is 2.44 bits per heavy atom. The summed E-state index contributed by atoms with van der Waals surface area (Å²) < 4.78 is 0. The molecule has 18 heavy (non-hydrogen) atoms. The van der Waals surface area contributed by atoms with E-state index >= 15 is 0 Å². The molecule has 0 heterocycles. The van der Waals surface area contributed by atoms with Gasteiger partial charge in [0.25, 0.3) is 0 Å². The second-order valence-corrected chi connectivity index (χ2v) is 5.29. The highest BCUT2D eigenvalue weighted by atomic mass is 16.1. The molecule has 0 aromatic heterocycles. The lowest BCUT2D eigenvalue weighted by atomic mass is 9.73. The van der Waals surface area contributed by atoms with Gasteiger partial charge in [0.15, 0.2) is 5.78 Å². The van der Waals surface area contributed by atoms with Gasteiger partial charge < -0.3 is 4.79 Å². The third-order valence-corrected chi connectivity index (χ3v) is 3.85. The molecule has 0 aliphatic heterocycles. The van der Waals surface area contributed by atoms with Crippen molar-refractivity contribution >= 4 is 11.6 Å². The standard InChI is InChI=1S/C16H20O2/c1-12(17)11-14-9-5-6-10-15(14)16(18)13-7-3-2-4-8-13/h2-4,7-8,14-15H,5-6,9-11H2,1H3. The number of ketones is 2. The van der Waals surface area contributed by atoms with Gasteiger partial charge in [0.1, 0.15) is 5.78 Å². The zero-order chi connectivity index (χ0) is 13.0. The highest BCUT2D eigenvalue weighted by molar-refractivity contribution is 5.98. The van der Waals surface area contributed by atoms with Crippen molar-refractivity contribution in [3.63, 3.8) is 0 Å². The van der Waals surface area contributed by atoms with Gasteiger partial charge in [0.2, 0.25) is 0 Å². The number of hydrogen-bond donors (Lipinski definition) is 0. The van der Waals surface area contributed by atoms with E-state index in [0.717, 1.165) is 31.2 Å².